The van der Waals surface area contributed by atoms with Gasteiger partial charge in [-0.25, -0.2) is 0 Å². The van der Waals surface area contributed by atoms with Crippen LogP contribution in [0, 0.1) is 0 Å². The third-order valence-corrected chi connectivity index (χ3v) is 5.46. The van der Waals surface area contributed by atoms with Gasteiger partial charge >= 0.3 is 0 Å². The lowest BCUT2D eigenvalue weighted by molar-refractivity contribution is -0.121. The molecule has 144 valence electrons. The Morgan fingerprint density at radius 1 is 1.04 bits per heavy atom. The van der Waals surface area contributed by atoms with Crippen molar-refractivity contribution in [2.24, 2.45) is 0 Å². The molecule has 0 radical (unpaired) electrons. The Bertz CT molecular complexity index is 1050. The van der Waals surface area contributed by atoms with E-state index in [0.29, 0.717) is 17.3 Å². The summed E-state index contributed by atoms with van der Waals surface area (Å²) < 4.78 is 1.94. The van der Waals surface area contributed by atoms with E-state index in [1.165, 1.54) is 5.57 Å². The van der Waals surface area contributed by atoms with E-state index in [-0.39, 0.29) is 17.9 Å². The molecular formula is C23H25N3O2. The molecule has 2 aromatic carbocycles. The second-order valence-corrected chi connectivity index (χ2v) is 7.42. The molecule has 1 aliphatic rings. The monoisotopic (exact) mass is 375 g/mol. The minimum Gasteiger partial charge on any atom is -0.354 e. The molecule has 0 fully saturated rings. The van der Waals surface area contributed by atoms with Crippen molar-refractivity contribution >= 4 is 27.7 Å². The summed E-state index contributed by atoms with van der Waals surface area (Å²) in [5.41, 5.74) is 3.01. The second-order valence-electron chi connectivity index (χ2n) is 7.42. The third kappa shape index (κ3) is 3.71. The zero-order chi connectivity index (χ0) is 19.5. The number of pyridine rings is 1. The Hall–Kier alpha value is -2.92. The fourth-order valence-corrected chi connectivity index (χ4v) is 3.85. The molecule has 0 unspecified atom stereocenters. The summed E-state index contributed by atoms with van der Waals surface area (Å²) in [6, 6.07) is 15.0. The number of hydrogen-bond acceptors (Lipinski definition) is 3. The van der Waals surface area contributed by atoms with Crippen LogP contribution in [0.4, 0.5) is 0 Å². The molecular weight excluding hydrogens is 350 g/mol. The van der Waals surface area contributed by atoms with Gasteiger partial charge in [0.2, 0.25) is 5.91 Å². The summed E-state index contributed by atoms with van der Waals surface area (Å²) in [6.07, 6.45) is 4.23. The molecule has 2 heterocycles. The molecule has 4 rings (SSSR count). The number of amides is 1. The molecule has 0 spiro atoms. The lowest BCUT2D eigenvalue weighted by Gasteiger charge is -2.22. The molecule has 1 N–H and O–H groups in total. The first kappa shape index (κ1) is 18.4. The predicted octanol–water partition coefficient (Wildman–Crippen LogP) is 2.92. The van der Waals surface area contributed by atoms with E-state index in [1.807, 2.05) is 53.1 Å². The number of fused-ring (bicyclic) bond motifs is 2. The highest BCUT2D eigenvalue weighted by molar-refractivity contribution is 5.94. The van der Waals surface area contributed by atoms with Crippen LogP contribution in [0.25, 0.3) is 21.8 Å². The average molecular weight is 375 g/mol. The second kappa shape index (κ2) is 7.98. The zero-order valence-electron chi connectivity index (χ0n) is 16.1. The molecule has 3 aromatic rings. The molecule has 1 aliphatic heterocycles. The maximum atomic E-state index is 12.8. The van der Waals surface area contributed by atoms with Crippen LogP contribution < -0.4 is 10.7 Å². The summed E-state index contributed by atoms with van der Waals surface area (Å²) in [6.45, 7) is 2.90. The number of nitrogens with one attached hydrogen (secondary N) is 1. The SMILES string of the molecule is CN1CC=C(CCNC(=O)Cn2c3ccccc3c(=O)c3ccccc32)CC1. The van der Waals surface area contributed by atoms with Gasteiger partial charge in [0.25, 0.3) is 0 Å². The minimum atomic E-state index is -0.0347. The maximum Gasteiger partial charge on any atom is 0.239 e. The van der Waals surface area contributed by atoms with Crippen molar-refractivity contribution in [1.29, 1.82) is 0 Å². The van der Waals surface area contributed by atoms with Crippen molar-refractivity contribution in [3.05, 3.63) is 70.4 Å². The Balaban J connectivity index is 1.54. The standard InChI is InChI=1S/C23H25N3O2/c1-25-14-11-17(12-15-25)10-13-24-22(27)16-26-20-8-4-2-6-18(20)23(28)19-7-3-5-9-21(19)26/h2-9,11H,10,12-16H2,1H3,(H,24,27). The summed E-state index contributed by atoms with van der Waals surface area (Å²) in [5, 5.41) is 4.33. The van der Waals surface area contributed by atoms with Gasteiger partial charge in [0, 0.05) is 30.4 Å². The van der Waals surface area contributed by atoms with Crippen molar-refractivity contribution in [2.75, 3.05) is 26.7 Å². The third-order valence-electron chi connectivity index (χ3n) is 5.46. The number of para-hydroxylation sites is 2. The number of carbonyl (C=O) groups is 1. The number of aromatic nitrogens is 1. The molecule has 0 aliphatic carbocycles. The lowest BCUT2D eigenvalue weighted by Crippen LogP contribution is -2.30. The summed E-state index contributed by atoms with van der Waals surface area (Å²) in [7, 11) is 2.12. The zero-order valence-corrected chi connectivity index (χ0v) is 16.1. The Kier molecular flexibility index (Phi) is 5.26. The molecule has 5 heteroatoms. The van der Waals surface area contributed by atoms with Crippen molar-refractivity contribution in [1.82, 2.24) is 14.8 Å². The van der Waals surface area contributed by atoms with Gasteiger partial charge in [-0.05, 0) is 44.2 Å². The van der Waals surface area contributed by atoms with Gasteiger partial charge in [-0.15, -0.1) is 0 Å². The molecule has 0 saturated carbocycles. The Morgan fingerprint density at radius 2 is 1.68 bits per heavy atom. The first-order chi connectivity index (χ1) is 13.6. The van der Waals surface area contributed by atoms with Gasteiger partial charge in [-0.1, -0.05) is 35.9 Å². The van der Waals surface area contributed by atoms with E-state index < -0.39 is 0 Å². The lowest BCUT2D eigenvalue weighted by atomic mass is 10.1. The molecule has 1 amide bonds. The fourth-order valence-electron chi connectivity index (χ4n) is 3.85. The topological polar surface area (TPSA) is 54.3 Å². The largest absolute Gasteiger partial charge is 0.354 e. The molecule has 0 atom stereocenters. The van der Waals surface area contributed by atoms with Crippen LogP contribution in [0.3, 0.4) is 0 Å². The number of nitrogens with zero attached hydrogens (tertiary/aromatic N) is 2. The van der Waals surface area contributed by atoms with E-state index in [2.05, 4.69) is 23.3 Å². The van der Waals surface area contributed by atoms with E-state index in [4.69, 9.17) is 0 Å². The van der Waals surface area contributed by atoms with Gasteiger partial charge in [-0.3, -0.25) is 9.59 Å². The van der Waals surface area contributed by atoms with Gasteiger partial charge < -0.3 is 14.8 Å². The molecule has 28 heavy (non-hydrogen) atoms. The highest BCUT2D eigenvalue weighted by Gasteiger charge is 2.13. The van der Waals surface area contributed by atoms with Crippen molar-refractivity contribution in [2.45, 2.75) is 19.4 Å². The highest BCUT2D eigenvalue weighted by Crippen LogP contribution is 2.19. The molecule has 5 nitrogen and oxygen atoms in total. The predicted molar refractivity (Wildman–Crippen MR) is 114 cm³/mol. The van der Waals surface area contributed by atoms with Crippen LogP contribution in [-0.4, -0.2) is 42.1 Å². The fraction of sp³-hybridized carbons (Fsp3) is 0.304. The van der Waals surface area contributed by atoms with Crippen molar-refractivity contribution in [3.8, 4) is 0 Å². The molecule has 0 saturated heterocycles. The molecule has 1 aromatic heterocycles. The Labute approximate surface area is 164 Å². The first-order valence-electron chi connectivity index (χ1n) is 9.77. The number of likely N-dealkylation sites (N-methyl/N-ethyl adjacent to an activating group) is 1. The van der Waals surface area contributed by atoms with E-state index in [0.717, 1.165) is 37.0 Å². The molecule has 0 bridgehead atoms. The van der Waals surface area contributed by atoms with E-state index in [1.54, 1.807) is 0 Å². The van der Waals surface area contributed by atoms with Crippen molar-refractivity contribution in [3.63, 3.8) is 0 Å². The number of hydrogen-bond donors (Lipinski definition) is 1. The van der Waals surface area contributed by atoms with Crippen LogP contribution in [-0.2, 0) is 11.3 Å². The highest BCUT2D eigenvalue weighted by atomic mass is 16.2. The van der Waals surface area contributed by atoms with E-state index >= 15 is 0 Å². The van der Waals surface area contributed by atoms with Gasteiger partial charge in [-0.2, -0.15) is 0 Å². The quantitative estimate of drug-likeness (QED) is 0.551. The van der Waals surface area contributed by atoms with Crippen LogP contribution >= 0.6 is 0 Å². The van der Waals surface area contributed by atoms with Crippen LogP contribution in [0.5, 0.6) is 0 Å². The number of benzene rings is 2. The van der Waals surface area contributed by atoms with Crippen molar-refractivity contribution < 1.29 is 4.79 Å². The number of rotatable bonds is 5. The maximum absolute atomic E-state index is 12.8. The average Bonchev–Trinajstić information content (AvgIpc) is 2.72. The number of carbonyl (C=O) groups excluding carboxylic acids is 1. The van der Waals surface area contributed by atoms with Gasteiger partial charge in [0.15, 0.2) is 5.43 Å². The van der Waals surface area contributed by atoms with Gasteiger partial charge in [0.1, 0.15) is 6.54 Å². The first-order valence-corrected chi connectivity index (χ1v) is 9.77. The van der Waals surface area contributed by atoms with Crippen LogP contribution in [0.15, 0.2) is 65.0 Å². The summed E-state index contributed by atoms with van der Waals surface area (Å²) >= 11 is 0. The smallest absolute Gasteiger partial charge is 0.239 e. The normalized spacial score (nSPS) is 15.0. The van der Waals surface area contributed by atoms with Crippen LogP contribution in [0.2, 0.25) is 0 Å². The van der Waals surface area contributed by atoms with Gasteiger partial charge in [0.05, 0.1) is 11.0 Å². The van der Waals surface area contributed by atoms with E-state index in [9.17, 15) is 9.59 Å². The summed E-state index contributed by atoms with van der Waals surface area (Å²) in [4.78, 5) is 27.7. The van der Waals surface area contributed by atoms with Crippen LogP contribution in [0.1, 0.15) is 12.8 Å². The minimum absolute atomic E-state index is 0.0112. The Morgan fingerprint density at radius 3 is 2.29 bits per heavy atom. The summed E-state index contributed by atoms with van der Waals surface area (Å²) in [5.74, 6) is -0.0347.